The van der Waals surface area contributed by atoms with Crippen molar-refractivity contribution in [1.82, 2.24) is 4.57 Å². The summed E-state index contributed by atoms with van der Waals surface area (Å²) in [7, 11) is 0. The number of thiophene rings is 1. The lowest BCUT2D eigenvalue weighted by Crippen LogP contribution is -1.94. The van der Waals surface area contributed by atoms with Gasteiger partial charge >= 0.3 is 0 Å². The second kappa shape index (κ2) is 7.08. The number of hydrogen-bond donors (Lipinski definition) is 0. The molecule has 0 bridgehead atoms. The Morgan fingerprint density at radius 3 is 2.17 bits per heavy atom. The van der Waals surface area contributed by atoms with Crippen molar-refractivity contribution in [3.63, 3.8) is 0 Å². The van der Waals surface area contributed by atoms with E-state index in [0.717, 1.165) is 5.02 Å². The molecule has 0 unspecified atom stereocenters. The van der Waals surface area contributed by atoms with E-state index in [2.05, 4.69) is 108 Å². The Hall–Kier alpha value is -3.85. The molecule has 164 valence electrons. The van der Waals surface area contributed by atoms with Crippen molar-refractivity contribution in [2.75, 3.05) is 0 Å². The van der Waals surface area contributed by atoms with Gasteiger partial charge in [0, 0.05) is 47.0 Å². The Morgan fingerprint density at radius 2 is 1.29 bits per heavy atom. The van der Waals surface area contributed by atoms with Crippen LogP contribution >= 0.6 is 22.9 Å². The SMILES string of the molecule is Clc1ccc2c(c1)sc1ccc(-n3c4ccc5ccccc5c4c4ccc5ccccc5c43)cc12. The highest BCUT2D eigenvalue weighted by molar-refractivity contribution is 7.25. The van der Waals surface area contributed by atoms with E-state index >= 15 is 0 Å². The summed E-state index contributed by atoms with van der Waals surface area (Å²) >= 11 is 8.09. The van der Waals surface area contributed by atoms with Gasteiger partial charge in [0.15, 0.2) is 0 Å². The average Bonchev–Trinajstić information content (AvgIpc) is 3.43. The van der Waals surface area contributed by atoms with Gasteiger partial charge in [-0.15, -0.1) is 11.3 Å². The fourth-order valence-electron chi connectivity index (χ4n) is 5.69. The van der Waals surface area contributed by atoms with E-state index in [0.29, 0.717) is 0 Å². The van der Waals surface area contributed by atoms with Gasteiger partial charge < -0.3 is 4.57 Å². The zero-order valence-electron chi connectivity index (χ0n) is 18.6. The topological polar surface area (TPSA) is 4.93 Å². The van der Waals surface area contributed by atoms with Crippen LogP contribution in [0.3, 0.4) is 0 Å². The van der Waals surface area contributed by atoms with Gasteiger partial charge in [0.25, 0.3) is 0 Å². The third-order valence-electron chi connectivity index (χ3n) is 7.22. The summed E-state index contributed by atoms with van der Waals surface area (Å²) in [5, 5.41) is 11.0. The molecule has 2 heterocycles. The van der Waals surface area contributed by atoms with Crippen LogP contribution in [0.1, 0.15) is 0 Å². The molecule has 1 nitrogen and oxygen atoms in total. The fraction of sp³-hybridized carbons (Fsp3) is 0. The van der Waals surface area contributed by atoms with Crippen molar-refractivity contribution in [3.8, 4) is 5.69 Å². The van der Waals surface area contributed by atoms with E-state index in [-0.39, 0.29) is 0 Å². The van der Waals surface area contributed by atoms with Gasteiger partial charge in [0.2, 0.25) is 0 Å². The molecular formula is C32H18ClNS. The van der Waals surface area contributed by atoms with Crippen LogP contribution in [-0.4, -0.2) is 4.57 Å². The van der Waals surface area contributed by atoms with Crippen LogP contribution in [0, 0.1) is 0 Å². The first-order valence-corrected chi connectivity index (χ1v) is 12.9. The van der Waals surface area contributed by atoms with Crippen molar-refractivity contribution in [2.24, 2.45) is 0 Å². The lowest BCUT2D eigenvalue weighted by molar-refractivity contribution is 1.19. The minimum Gasteiger partial charge on any atom is -0.309 e. The van der Waals surface area contributed by atoms with E-state index in [1.165, 1.54) is 69.2 Å². The van der Waals surface area contributed by atoms with Gasteiger partial charge in [-0.1, -0.05) is 84.4 Å². The van der Waals surface area contributed by atoms with Gasteiger partial charge in [-0.05, 0) is 52.6 Å². The first kappa shape index (κ1) is 19.5. The number of hydrogen-bond acceptors (Lipinski definition) is 1. The smallest absolute Gasteiger partial charge is 0.0619 e. The number of aromatic nitrogens is 1. The van der Waals surface area contributed by atoms with Crippen molar-refractivity contribution < 1.29 is 0 Å². The third-order valence-corrected chi connectivity index (χ3v) is 8.59. The number of halogens is 1. The Balaban J connectivity index is 1.58. The highest BCUT2D eigenvalue weighted by Gasteiger charge is 2.18. The molecule has 6 aromatic carbocycles. The molecular weight excluding hydrogens is 466 g/mol. The lowest BCUT2D eigenvalue weighted by atomic mass is 10.0. The van der Waals surface area contributed by atoms with Crippen LogP contribution in [0.4, 0.5) is 0 Å². The summed E-state index contributed by atoms with van der Waals surface area (Å²) in [6.45, 7) is 0. The average molecular weight is 484 g/mol. The maximum Gasteiger partial charge on any atom is 0.0619 e. The van der Waals surface area contributed by atoms with E-state index in [4.69, 9.17) is 11.6 Å². The number of benzene rings is 6. The molecule has 0 atom stereocenters. The second-order valence-corrected chi connectivity index (χ2v) is 10.6. The minimum atomic E-state index is 0.782. The molecule has 35 heavy (non-hydrogen) atoms. The predicted molar refractivity (Wildman–Crippen MR) is 154 cm³/mol. The van der Waals surface area contributed by atoms with Crippen LogP contribution in [0.25, 0.3) is 69.2 Å². The lowest BCUT2D eigenvalue weighted by Gasteiger charge is -2.10. The molecule has 0 saturated carbocycles. The highest BCUT2D eigenvalue weighted by Crippen LogP contribution is 2.42. The summed E-state index contributed by atoms with van der Waals surface area (Å²) in [6, 6.07) is 39.6. The number of fused-ring (bicyclic) bond motifs is 10. The summed E-state index contributed by atoms with van der Waals surface area (Å²) in [5.74, 6) is 0. The molecule has 0 N–H and O–H groups in total. The predicted octanol–water partition coefficient (Wildman–Crippen LogP) is 10.1. The second-order valence-electron chi connectivity index (χ2n) is 9.12. The first-order valence-electron chi connectivity index (χ1n) is 11.7. The maximum absolute atomic E-state index is 6.30. The zero-order valence-corrected chi connectivity index (χ0v) is 20.2. The monoisotopic (exact) mass is 483 g/mol. The van der Waals surface area contributed by atoms with Crippen molar-refractivity contribution in [2.45, 2.75) is 0 Å². The Bertz CT molecular complexity index is 2130. The molecule has 3 heteroatoms. The Kier molecular flexibility index (Phi) is 3.94. The van der Waals surface area contributed by atoms with E-state index in [1.807, 2.05) is 6.07 Å². The quantitative estimate of drug-likeness (QED) is 0.219. The Morgan fingerprint density at radius 1 is 0.543 bits per heavy atom. The zero-order chi connectivity index (χ0) is 23.1. The van der Waals surface area contributed by atoms with Gasteiger partial charge in [-0.3, -0.25) is 0 Å². The van der Waals surface area contributed by atoms with Crippen LogP contribution in [0.2, 0.25) is 5.02 Å². The number of nitrogens with zero attached hydrogens (tertiary/aromatic N) is 1. The molecule has 8 aromatic rings. The molecule has 0 aliphatic carbocycles. The highest BCUT2D eigenvalue weighted by atomic mass is 35.5. The normalized spacial score (nSPS) is 12.1. The van der Waals surface area contributed by atoms with Gasteiger partial charge in [0.05, 0.1) is 11.0 Å². The summed E-state index contributed by atoms with van der Waals surface area (Å²) in [6.07, 6.45) is 0. The molecule has 8 rings (SSSR count). The summed E-state index contributed by atoms with van der Waals surface area (Å²) in [5.41, 5.74) is 3.67. The van der Waals surface area contributed by atoms with Gasteiger partial charge in [0.1, 0.15) is 0 Å². The molecule has 0 aliphatic rings. The Labute approximate surface area is 210 Å². The summed E-state index contributed by atoms with van der Waals surface area (Å²) < 4.78 is 4.96. The van der Waals surface area contributed by atoms with E-state index in [1.54, 1.807) is 11.3 Å². The molecule has 0 spiro atoms. The first-order chi connectivity index (χ1) is 17.3. The molecule has 0 radical (unpaired) electrons. The van der Waals surface area contributed by atoms with Crippen molar-refractivity contribution in [1.29, 1.82) is 0 Å². The summed E-state index contributed by atoms with van der Waals surface area (Å²) in [4.78, 5) is 0. The van der Waals surface area contributed by atoms with Gasteiger partial charge in [-0.25, -0.2) is 0 Å². The molecule has 0 fully saturated rings. The third kappa shape index (κ3) is 2.70. The molecule has 0 aliphatic heterocycles. The van der Waals surface area contributed by atoms with Crippen LogP contribution < -0.4 is 0 Å². The molecule has 2 aromatic heterocycles. The number of rotatable bonds is 1. The molecule has 0 saturated heterocycles. The van der Waals surface area contributed by atoms with Crippen molar-refractivity contribution in [3.05, 3.63) is 114 Å². The van der Waals surface area contributed by atoms with Crippen molar-refractivity contribution >= 4 is 86.5 Å². The largest absolute Gasteiger partial charge is 0.309 e. The molecule has 0 amide bonds. The van der Waals surface area contributed by atoms with Crippen LogP contribution in [-0.2, 0) is 0 Å². The van der Waals surface area contributed by atoms with Crippen LogP contribution in [0.15, 0.2) is 109 Å². The minimum absolute atomic E-state index is 0.782. The van der Waals surface area contributed by atoms with Crippen LogP contribution in [0.5, 0.6) is 0 Å². The maximum atomic E-state index is 6.30. The standard InChI is InChI=1S/C32H18ClNS/c33-21-11-14-25-27-18-22(12-16-29(27)35-30(25)17-21)34-28-15-10-19-5-1-3-7-23(19)31(28)26-13-9-20-6-2-4-8-24(20)32(26)34/h1-18H. The fourth-order valence-corrected chi connectivity index (χ4v) is 7.06. The van der Waals surface area contributed by atoms with Gasteiger partial charge in [-0.2, -0.15) is 0 Å². The van der Waals surface area contributed by atoms with E-state index in [9.17, 15) is 0 Å². The van der Waals surface area contributed by atoms with E-state index < -0.39 is 0 Å².